The molecule has 0 radical (unpaired) electrons. The number of carbonyl (C=O) groups is 1. The van der Waals surface area contributed by atoms with E-state index in [2.05, 4.69) is 4.90 Å². The number of para-hydroxylation sites is 1. The molecule has 1 saturated carbocycles. The summed E-state index contributed by atoms with van der Waals surface area (Å²) in [5.74, 6) is -0.864. The van der Waals surface area contributed by atoms with E-state index >= 15 is 0 Å². The fourth-order valence-corrected chi connectivity index (χ4v) is 7.16. The number of aliphatic carboxylic acids is 1. The van der Waals surface area contributed by atoms with Crippen molar-refractivity contribution in [3.63, 3.8) is 0 Å². The third kappa shape index (κ3) is 8.15. The van der Waals surface area contributed by atoms with Crippen molar-refractivity contribution >= 4 is 14.8 Å². The lowest BCUT2D eigenvalue weighted by Crippen LogP contribution is -2.59. The van der Waals surface area contributed by atoms with Gasteiger partial charge in [0.05, 0.1) is 6.17 Å². The number of nitrogens with zero attached hydrogens (tertiary/aromatic N) is 1. The first-order chi connectivity index (χ1) is 15.4. The molecule has 0 aromatic heterocycles. The molecule has 2 unspecified atom stereocenters. The highest BCUT2D eigenvalue weighted by atomic mass is 28.4. The quantitative estimate of drug-likeness (QED) is 0.384. The summed E-state index contributed by atoms with van der Waals surface area (Å²) in [7, 11) is -2.96. The van der Waals surface area contributed by atoms with Crippen LogP contribution in [0.15, 0.2) is 30.3 Å². The molecule has 0 spiro atoms. The maximum Gasteiger partial charge on any atom is 0.515 e. The van der Waals surface area contributed by atoms with Crippen molar-refractivity contribution < 1.29 is 27.9 Å². The van der Waals surface area contributed by atoms with Crippen LogP contribution in [0, 0.1) is 5.92 Å². The van der Waals surface area contributed by atoms with Crippen LogP contribution in [0.3, 0.4) is 0 Å². The molecule has 0 aliphatic heterocycles. The van der Waals surface area contributed by atoms with Crippen molar-refractivity contribution in [3.8, 4) is 5.75 Å². The standard InChI is InChI=1S/C24H41NO6Si/c1-5-28-32(29-6-2,30-7-3)19-25(21-14-10-8-11-15-21)18-23(24(26)27)20(4)31-22-16-12-9-13-17-22/h9,12-13,16-17,20-21,23H,5-8,10-11,14-15,18-19H2,1-4H3,(H,26,27). The van der Waals surface area contributed by atoms with Crippen molar-refractivity contribution in [1.82, 2.24) is 4.90 Å². The Morgan fingerprint density at radius 3 is 2.09 bits per heavy atom. The van der Waals surface area contributed by atoms with Crippen LogP contribution in [0.1, 0.15) is 59.8 Å². The molecule has 1 aromatic rings. The topological polar surface area (TPSA) is 77.5 Å². The Bertz CT molecular complexity index is 638. The zero-order valence-electron chi connectivity index (χ0n) is 20.1. The van der Waals surface area contributed by atoms with Gasteiger partial charge in [0.25, 0.3) is 0 Å². The van der Waals surface area contributed by atoms with Crippen molar-refractivity contribution in [3.05, 3.63) is 30.3 Å². The molecule has 1 aliphatic rings. The van der Waals surface area contributed by atoms with Crippen molar-refractivity contribution in [2.75, 3.05) is 32.5 Å². The van der Waals surface area contributed by atoms with Gasteiger partial charge >= 0.3 is 14.8 Å². The Kier molecular flexibility index (Phi) is 11.7. The largest absolute Gasteiger partial charge is 0.515 e. The number of hydrogen-bond acceptors (Lipinski definition) is 6. The monoisotopic (exact) mass is 467 g/mol. The number of carboxylic acids is 1. The summed E-state index contributed by atoms with van der Waals surface area (Å²) in [5.41, 5.74) is 0. The molecule has 1 aliphatic carbocycles. The first-order valence-electron chi connectivity index (χ1n) is 12.0. The highest BCUT2D eigenvalue weighted by Gasteiger charge is 2.45. The second kappa shape index (κ2) is 13.9. The van der Waals surface area contributed by atoms with Crippen LogP contribution in [0.4, 0.5) is 0 Å². The molecule has 32 heavy (non-hydrogen) atoms. The summed E-state index contributed by atoms with van der Waals surface area (Å²) in [6.07, 6.45) is 5.65. The van der Waals surface area contributed by atoms with Crippen LogP contribution in [-0.2, 0) is 18.1 Å². The SMILES string of the molecule is CCO[Si](CN(CC(C(=O)O)C(C)Oc1ccccc1)C1CCCCC1)(OCC)OCC. The summed E-state index contributed by atoms with van der Waals surface area (Å²) in [5, 5.41) is 10.1. The molecule has 1 aromatic carbocycles. The number of hydrogen-bond donors (Lipinski definition) is 1. The fourth-order valence-electron chi connectivity index (χ4n) is 4.44. The Labute approximate surface area is 194 Å². The van der Waals surface area contributed by atoms with Crippen molar-refractivity contribution in [2.24, 2.45) is 5.92 Å². The third-order valence-electron chi connectivity index (χ3n) is 5.96. The summed E-state index contributed by atoms with van der Waals surface area (Å²) < 4.78 is 24.3. The van der Waals surface area contributed by atoms with E-state index < -0.39 is 26.8 Å². The van der Waals surface area contributed by atoms with E-state index in [0.717, 1.165) is 25.7 Å². The smallest absolute Gasteiger partial charge is 0.490 e. The first-order valence-corrected chi connectivity index (χ1v) is 14.0. The lowest BCUT2D eigenvalue weighted by atomic mass is 9.93. The molecule has 2 atom stereocenters. The van der Waals surface area contributed by atoms with E-state index in [4.69, 9.17) is 18.0 Å². The summed E-state index contributed by atoms with van der Waals surface area (Å²) >= 11 is 0. The lowest BCUT2D eigenvalue weighted by Gasteiger charge is -2.40. The van der Waals surface area contributed by atoms with Crippen molar-refractivity contribution in [2.45, 2.75) is 71.9 Å². The van der Waals surface area contributed by atoms with Crippen LogP contribution in [0.25, 0.3) is 0 Å². The van der Waals surface area contributed by atoms with Crippen LogP contribution in [-0.4, -0.2) is 69.5 Å². The molecule has 0 amide bonds. The van der Waals surface area contributed by atoms with E-state index in [1.807, 2.05) is 58.0 Å². The van der Waals surface area contributed by atoms with Crippen LogP contribution in [0.5, 0.6) is 5.75 Å². The molecule has 8 heteroatoms. The molecule has 0 saturated heterocycles. The fraction of sp³-hybridized carbons (Fsp3) is 0.708. The molecule has 0 heterocycles. The first kappa shape index (κ1) is 26.8. The van der Waals surface area contributed by atoms with Gasteiger partial charge in [0.2, 0.25) is 0 Å². The van der Waals surface area contributed by atoms with Crippen LogP contribution >= 0.6 is 0 Å². The van der Waals surface area contributed by atoms with E-state index in [-0.39, 0.29) is 0 Å². The lowest BCUT2D eigenvalue weighted by molar-refractivity contribution is -0.146. The van der Waals surface area contributed by atoms with Gasteiger partial charge in [-0.3, -0.25) is 9.69 Å². The average molecular weight is 468 g/mol. The highest BCUT2D eigenvalue weighted by molar-refractivity contribution is 6.60. The van der Waals surface area contributed by atoms with Gasteiger partial charge in [-0.1, -0.05) is 37.5 Å². The predicted molar refractivity (Wildman–Crippen MR) is 127 cm³/mol. The number of benzene rings is 1. The minimum atomic E-state index is -2.96. The summed E-state index contributed by atoms with van der Waals surface area (Å²) in [6, 6.07) is 9.69. The summed E-state index contributed by atoms with van der Waals surface area (Å²) in [6.45, 7) is 9.54. The Morgan fingerprint density at radius 1 is 1.03 bits per heavy atom. The van der Waals surface area contributed by atoms with Crippen LogP contribution in [0.2, 0.25) is 0 Å². The molecule has 1 N–H and O–H groups in total. The van der Waals surface area contributed by atoms with Gasteiger partial charge in [0.1, 0.15) is 17.8 Å². The minimum Gasteiger partial charge on any atom is -0.490 e. The van der Waals surface area contributed by atoms with Crippen LogP contribution < -0.4 is 4.74 Å². The van der Waals surface area contributed by atoms with E-state index in [9.17, 15) is 9.90 Å². The molecule has 7 nitrogen and oxygen atoms in total. The zero-order valence-corrected chi connectivity index (χ0v) is 21.1. The number of rotatable bonds is 15. The van der Waals surface area contributed by atoms with Gasteiger partial charge in [0.15, 0.2) is 0 Å². The molecule has 1 fully saturated rings. The van der Waals surface area contributed by atoms with E-state index in [0.29, 0.717) is 44.3 Å². The minimum absolute atomic E-state index is 0.294. The number of ether oxygens (including phenoxy) is 1. The van der Waals surface area contributed by atoms with E-state index in [1.54, 1.807) is 0 Å². The van der Waals surface area contributed by atoms with Crippen molar-refractivity contribution in [1.29, 1.82) is 0 Å². The molecular weight excluding hydrogens is 426 g/mol. The third-order valence-corrected chi connectivity index (χ3v) is 8.94. The average Bonchev–Trinajstić information content (AvgIpc) is 2.78. The highest BCUT2D eigenvalue weighted by Crippen LogP contribution is 2.27. The van der Waals surface area contributed by atoms with Gasteiger partial charge in [-0.25, -0.2) is 0 Å². The van der Waals surface area contributed by atoms with Gasteiger partial charge in [0, 0.05) is 32.4 Å². The van der Waals surface area contributed by atoms with E-state index in [1.165, 1.54) is 6.42 Å². The number of carboxylic acid groups (broad SMARTS) is 1. The maximum atomic E-state index is 12.3. The maximum absolute atomic E-state index is 12.3. The van der Waals surface area contributed by atoms with Gasteiger partial charge < -0.3 is 23.1 Å². The predicted octanol–water partition coefficient (Wildman–Crippen LogP) is 4.38. The molecular formula is C24H41NO6Si. The second-order valence-electron chi connectivity index (χ2n) is 8.28. The molecule has 0 bridgehead atoms. The Morgan fingerprint density at radius 2 is 1.59 bits per heavy atom. The van der Waals surface area contributed by atoms with Gasteiger partial charge in [-0.2, -0.15) is 0 Å². The molecule has 182 valence electrons. The summed E-state index contributed by atoms with van der Waals surface area (Å²) in [4.78, 5) is 14.6. The zero-order chi connectivity index (χ0) is 23.4. The normalized spacial score (nSPS) is 17.3. The Balaban J connectivity index is 2.25. The second-order valence-corrected chi connectivity index (χ2v) is 10.8. The van der Waals surface area contributed by atoms with Gasteiger partial charge in [-0.05, 0) is 52.7 Å². The van der Waals surface area contributed by atoms with Gasteiger partial charge in [-0.15, -0.1) is 0 Å². The molecule has 2 rings (SSSR count). The Hall–Kier alpha value is -1.45.